The van der Waals surface area contributed by atoms with Gasteiger partial charge in [-0.3, -0.25) is 4.79 Å². The van der Waals surface area contributed by atoms with Gasteiger partial charge in [0.2, 0.25) is 0 Å². The van der Waals surface area contributed by atoms with Gasteiger partial charge in [-0.1, -0.05) is 41.5 Å². The lowest BCUT2D eigenvalue weighted by Gasteiger charge is -2.36. The van der Waals surface area contributed by atoms with Crippen molar-refractivity contribution >= 4 is 22.6 Å². The van der Waals surface area contributed by atoms with Crippen molar-refractivity contribution in [1.29, 1.82) is 0 Å². The fourth-order valence-corrected chi connectivity index (χ4v) is 4.61. The molecule has 4 nitrogen and oxygen atoms in total. The van der Waals surface area contributed by atoms with Crippen LogP contribution in [0.15, 0.2) is 0 Å². The molecule has 1 fully saturated rings. The zero-order valence-electron chi connectivity index (χ0n) is 19.0. The number of hydrogen-bond donors (Lipinski definition) is 0. The number of hydrogen-bond acceptors (Lipinski definition) is 4. The molecule has 2 atom stereocenters. The molecule has 0 bridgehead atoms. The molecule has 0 N–H and O–H groups in total. The van der Waals surface area contributed by atoms with Crippen molar-refractivity contribution < 1.29 is 18.4 Å². The van der Waals surface area contributed by atoms with Crippen LogP contribution in [0.4, 0.5) is 0 Å². The van der Waals surface area contributed by atoms with Crippen molar-refractivity contribution in [1.82, 2.24) is 0 Å². The highest BCUT2D eigenvalue weighted by Gasteiger charge is 2.57. The van der Waals surface area contributed by atoms with Crippen LogP contribution in [0.2, 0.25) is 36.3 Å². The molecule has 1 saturated carbocycles. The molecule has 0 aromatic rings. The Morgan fingerprint density at radius 2 is 1.15 bits per heavy atom. The number of ether oxygens (including phenoxy) is 1. The Balaban J connectivity index is 2.74. The second-order valence-electron chi connectivity index (χ2n) is 10.7. The highest BCUT2D eigenvalue weighted by atomic mass is 28.4. The Kier molecular flexibility index (Phi) is 7.39. The number of esters is 1. The molecular weight excluding hydrogens is 360 g/mol. The third-order valence-electron chi connectivity index (χ3n) is 6.78. The molecule has 2 unspecified atom stereocenters. The van der Waals surface area contributed by atoms with E-state index in [1.807, 2.05) is 6.92 Å². The summed E-state index contributed by atoms with van der Waals surface area (Å²) in [5, 5.41) is 0.350. The fourth-order valence-electron chi connectivity index (χ4n) is 2.53. The summed E-state index contributed by atoms with van der Waals surface area (Å²) >= 11 is 0. The van der Waals surface area contributed by atoms with Crippen LogP contribution in [0, 0.1) is 17.8 Å². The van der Waals surface area contributed by atoms with Crippen LogP contribution < -0.4 is 0 Å². The van der Waals surface area contributed by atoms with Crippen molar-refractivity contribution in [3.05, 3.63) is 0 Å². The molecule has 0 saturated heterocycles. The molecular formula is C20H42O4Si2. The maximum absolute atomic E-state index is 12.4. The lowest BCUT2D eigenvalue weighted by molar-refractivity contribution is -0.145. The topological polar surface area (TPSA) is 44.8 Å². The molecule has 1 aliphatic rings. The van der Waals surface area contributed by atoms with E-state index in [-0.39, 0.29) is 33.8 Å². The maximum atomic E-state index is 12.4. The molecule has 1 rings (SSSR count). The lowest BCUT2D eigenvalue weighted by Crippen LogP contribution is -2.42. The average Bonchev–Trinajstić information content (AvgIpc) is 3.14. The maximum Gasteiger partial charge on any atom is 0.309 e. The van der Waals surface area contributed by atoms with Crippen molar-refractivity contribution in [2.24, 2.45) is 17.8 Å². The number of carbonyl (C=O) groups excluding carboxylic acids is 1. The van der Waals surface area contributed by atoms with E-state index in [1.165, 1.54) is 0 Å². The Morgan fingerprint density at radius 3 is 1.42 bits per heavy atom. The Hall–Kier alpha value is -0.176. The minimum absolute atomic E-state index is 0.0653. The SMILES string of the molecule is CCOC(=O)C1C(CO[Si](C)(C)C(C)(C)C)C1CO[Si](C)(C)C(C)(C)C. The van der Waals surface area contributed by atoms with E-state index in [2.05, 4.69) is 67.7 Å². The molecule has 0 aromatic heterocycles. The van der Waals surface area contributed by atoms with Gasteiger partial charge in [0.1, 0.15) is 0 Å². The van der Waals surface area contributed by atoms with Gasteiger partial charge in [0.05, 0.1) is 12.5 Å². The van der Waals surface area contributed by atoms with E-state index in [9.17, 15) is 4.79 Å². The third kappa shape index (κ3) is 5.66. The zero-order valence-corrected chi connectivity index (χ0v) is 21.0. The summed E-state index contributed by atoms with van der Waals surface area (Å²) in [5.74, 6) is 0.311. The fraction of sp³-hybridized carbons (Fsp3) is 0.950. The minimum atomic E-state index is -1.81. The molecule has 1 aliphatic carbocycles. The van der Waals surface area contributed by atoms with Gasteiger partial charge >= 0.3 is 5.97 Å². The summed E-state index contributed by atoms with van der Waals surface area (Å²) in [7, 11) is -3.63. The summed E-state index contributed by atoms with van der Waals surface area (Å²) in [6.07, 6.45) is 0. The van der Waals surface area contributed by atoms with Crippen LogP contribution in [0.1, 0.15) is 48.5 Å². The molecule has 26 heavy (non-hydrogen) atoms. The molecule has 0 aromatic carbocycles. The molecule has 0 spiro atoms. The van der Waals surface area contributed by atoms with E-state index >= 15 is 0 Å². The quantitative estimate of drug-likeness (QED) is 0.400. The predicted molar refractivity (Wildman–Crippen MR) is 113 cm³/mol. The first-order chi connectivity index (χ1) is 11.5. The summed E-state index contributed by atoms with van der Waals surface area (Å²) < 4.78 is 18.1. The zero-order chi connectivity index (χ0) is 20.6. The Labute approximate surface area is 163 Å². The van der Waals surface area contributed by atoms with Crippen LogP contribution in [0.25, 0.3) is 0 Å². The summed E-state index contributed by atoms with van der Waals surface area (Å²) in [6.45, 7) is 26.1. The van der Waals surface area contributed by atoms with Crippen LogP contribution in [0.5, 0.6) is 0 Å². The van der Waals surface area contributed by atoms with E-state index < -0.39 is 16.6 Å². The van der Waals surface area contributed by atoms with Crippen molar-refractivity contribution in [2.45, 2.75) is 84.7 Å². The van der Waals surface area contributed by atoms with Gasteiger partial charge in [-0.05, 0) is 43.2 Å². The molecule has 6 heteroatoms. The molecule has 154 valence electrons. The van der Waals surface area contributed by atoms with Gasteiger partial charge in [0.15, 0.2) is 16.6 Å². The van der Waals surface area contributed by atoms with Gasteiger partial charge in [0, 0.05) is 25.0 Å². The monoisotopic (exact) mass is 402 g/mol. The molecule has 0 aliphatic heterocycles. The second-order valence-corrected chi connectivity index (χ2v) is 20.4. The van der Waals surface area contributed by atoms with Gasteiger partial charge in [-0.25, -0.2) is 0 Å². The summed E-state index contributed by atoms with van der Waals surface area (Å²) in [5.41, 5.74) is 0. The lowest BCUT2D eigenvalue weighted by atomic mass is 10.2. The van der Waals surface area contributed by atoms with E-state index in [4.69, 9.17) is 13.6 Å². The molecule has 0 amide bonds. The first kappa shape index (κ1) is 23.9. The standard InChI is InChI=1S/C20H42O4Si2/c1-12-22-18(21)17-15(13-23-25(8,9)19(2,3)4)16(17)14-24-26(10,11)20(5,6)7/h15-17H,12-14H2,1-11H3. The average molecular weight is 403 g/mol. The Bertz CT molecular complexity index is 453. The van der Waals surface area contributed by atoms with Crippen molar-refractivity contribution in [3.8, 4) is 0 Å². The van der Waals surface area contributed by atoms with Gasteiger partial charge in [-0.15, -0.1) is 0 Å². The van der Waals surface area contributed by atoms with E-state index in [0.717, 1.165) is 0 Å². The number of rotatable bonds is 8. The predicted octanol–water partition coefficient (Wildman–Crippen LogP) is 5.46. The third-order valence-corrected chi connectivity index (χ3v) is 15.8. The second kappa shape index (κ2) is 8.05. The van der Waals surface area contributed by atoms with Gasteiger partial charge < -0.3 is 13.6 Å². The van der Waals surface area contributed by atoms with Crippen molar-refractivity contribution in [2.75, 3.05) is 19.8 Å². The molecule has 0 heterocycles. The summed E-state index contributed by atoms with van der Waals surface area (Å²) in [6, 6.07) is 0. The normalized spacial score (nSPS) is 24.5. The van der Waals surface area contributed by atoms with Crippen LogP contribution in [-0.2, 0) is 18.4 Å². The summed E-state index contributed by atoms with van der Waals surface area (Å²) in [4.78, 5) is 12.4. The number of carbonyl (C=O) groups is 1. The highest BCUT2D eigenvalue weighted by molar-refractivity contribution is 6.74. The van der Waals surface area contributed by atoms with Crippen LogP contribution >= 0.6 is 0 Å². The van der Waals surface area contributed by atoms with Crippen molar-refractivity contribution in [3.63, 3.8) is 0 Å². The van der Waals surface area contributed by atoms with Crippen LogP contribution in [-0.4, -0.2) is 42.4 Å². The molecule has 0 radical (unpaired) electrons. The highest BCUT2D eigenvalue weighted by Crippen LogP contribution is 2.50. The van der Waals surface area contributed by atoms with E-state index in [0.29, 0.717) is 19.8 Å². The smallest absolute Gasteiger partial charge is 0.309 e. The van der Waals surface area contributed by atoms with Gasteiger partial charge in [0.25, 0.3) is 0 Å². The Morgan fingerprint density at radius 1 is 0.808 bits per heavy atom. The first-order valence-corrected chi connectivity index (χ1v) is 15.8. The van der Waals surface area contributed by atoms with Gasteiger partial charge in [-0.2, -0.15) is 0 Å². The van der Waals surface area contributed by atoms with Crippen LogP contribution in [0.3, 0.4) is 0 Å². The minimum Gasteiger partial charge on any atom is -0.466 e. The van der Waals surface area contributed by atoms with E-state index in [1.54, 1.807) is 0 Å². The first-order valence-electron chi connectivity index (χ1n) is 9.99. The largest absolute Gasteiger partial charge is 0.466 e.